The first-order chi connectivity index (χ1) is 19.8. The number of nitrogens with zero attached hydrogens (tertiary/aromatic N) is 3. The van der Waals surface area contributed by atoms with Crippen molar-refractivity contribution in [1.82, 2.24) is 20.0 Å². The highest BCUT2D eigenvalue weighted by Gasteiger charge is 2.39. The molecule has 3 aromatic carbocycles. The summed E-state index contributed by atoms with van der Waals surface area (Å²) < 4.78 is 44.9. The fourth-order valence-corrected chi connectivity index (χ4v) is 6.14. The van der Waals surface area contributed by atoms with Crippen LogP contribution < -0.4 is 5.32 Å². The number of nitrogens with one attached hydrogen (secondary N) is 1. The van der Waals surface area contributed by atoms with Crippen LogP contribution in [-0.2, 0) is 22.7 Å². The number of carbonyl (C=O) groups is 3. The molecule has 3 aromatic rings. The first kappa shape index (κ1) is 27.2. The molecular formula is C31H29F3N4O3. The van der Waals surface area contributed by atoms with Crippen molar-refractivity contribution in [2.45, 2.75) is 38.0 Å². The van der Waals surface area contributed by atoms with Crippen LogP contribution in [0.1, 0.15) is 51.5 Å². The first-order valence-corrected chi connectivity index (χ1v) is 13.7. The number of fused-ring (bicyclic) bond motifs is 1. The van der Waals surface area contributed by atoms with Gasteiger partial charge in [-0.25, -0.2) is 13.2 Å². The molecule has 2 saturated heterocycles. The summed E-state index contributed by atoms with van der Waals surface area (Å²) in [5, 5.41) is 2.27. The number of rotatable bonds is 6. The zero-order valence-electron chi connectivity index (χ0n) is 22.3. The van der Waals surface area contributed by atoms with E-state index in [-0.39, 0.29) is 30.9 Å². The normalized spacial score (nSPS) is 20.0. The van der Waals surface area contributed by atoms with Crippen molar-refractivity contribution in [3.05, 3.63) is 106 Å². The van der Waals surface area contributed by atoms with Crippen LogP contribution in [-0.4, -0.2) is 64.6 Å². The van der Waals surface area contributed by atoms with Crippen LogP contribution in [0.3, 0.4) is 0 Å². The number of imide groups is 1. The lowest BCUT2D eigenvalue weighted by Crippen LogP contribution is -2.52. The highest BCUT2D eigenvalue weighted by Crippen LogP contribution is 2.34. The Kier molecular flexibility index (Phi) is 7.35. The van der Waals surface area contributed by atoms with E-state index in [1.54, 1.807) is 42.5 Å². The third-order valence-electron chi connectivity index (χ3n) is 8.26. The lowest BCUT2D eigenvalue weighted by Gasteiger charge is -2.40. The number of hydrogen-bond donors (Lipinski definition) is 1. The Morgan fingerprint density at radius 2 is 1.46 bits per heavy atom. The van der Waals surface area contributed by atoms with Crippen LogP contribution in [0.15, 0.2) is 60.7 Å². The molecule has 0 aromatic heterocycles. The van der Waals surface area contributed by atoms with Gasteiger partial charge in [-0.2, -0.15) is 0 Å². The molecule has 2 fully saturated rings. The van der Waals surface area contributed by atoms with Gasteiger partial charge in [0.25, 0.3) is 5.91 Å². The molecule has 0 spiro atoms. The minimum absolute atomic E-state index is 0.150. The van der Waals surface area contributed by atoms with E-state index in [9.17, 15) is 23.2 Å². The molecular weight excluding hydrogens is 533 g/mol. The van der Waals surface area contributed by atoms with Crippen LogP contribution in [0.5, 0.6) is 0 Å². The topological polar surface area (TPSA) is 73.0 Å². The standard InChI is InChI=1S/C31H29F3N4O3/c32-24-7-3-1-5-21(24)29(22-6-2-4-8-25(22)33)37-13-11-36(12-14-37)17-20-15-19-18-38(31(41)23(19)16-26(20)34)27-9-10-28(39)35-30(27)40/h1-8,15-16,27,29H,9-14,17-18H2,(H,35,39,40). The minimum atomic E-state index is -0.760. The number of benzene rings is 3. The van der Waals surface area contributed by atoms with Gasteiger partial charge in [-0.3, -0.25) is 29.5 Å². The van der Waals surface area contributed by atoms with E-state index in [2.05, 4.69) is 10.2 Å². The van der Waals surface area contributed by atoms with E-state index >= 15 is 4.39 Å². The molecule has 10 heteroatoms. The molecule has 1 N–H and O–H groups in total. The van der Waals surface area contributed by atoms with Gasteiger partial charge in [0.15, 0.2) is 0 Å². The van der Waals surface area contributed by atoms with Crippen LogP contribution >= 0.6 is 0 Å². The fourth-order valence-electron chi connectivity index (χ4n) is 6.14. The summed E-state index contributed by atoms with van der Waals surface area (Å²) in [6, 6.07) is 14.4. The Bertz CT molecular complexity index is 1480. The third kappa shape index (κ3) is 5.25. The Morgan fingerprint density at radius 3 is 2.07 bits per heavy atom. The maximum absolute atomic E-state index is 15.2. The van der Waals surface area contributed by atoms with Gasteiger partial charge < -0.3 is 4.90 Å². The molecule has 3 aliphatic rings. The summed E-state index contributed by atoms with van der Waals surface area (Å²) in [4.78, 5) is 42.4. The molecule has 41 heavy (non-hydrogen) atoms. The summed E-state index contributed by atoms with van der Waals surface area (Å²) in [6.45, 7) is 2.62. The Balaban J connectivity index is 1.16. The second-order valence-corrected chi connectivity index (χ2v) is 10.8. The summed E-state index contributed by atoms with van der Waals surface area (Å²) in [5.41, 5.74) is 2.13. The van der Waals surface area contributed by atoms with E-state index in [0.29, 0.717) is 55.0 Å². The maximum atomic E-state index is 15.2. The molecule has 0 aliphatic carbocycles. The van der Waals surface area contributed by atoms with Gasteiger partial charge in [-0.05, 0) is 36.2 Å². The van der Waals surface area contributed by atoms with Gasteiger partial charge in [-0.1, -0.05) is 36.4 Å². The quantitative estimate of drug-likeness (QED) is 0.464. The molecule has 6 rings (SSSR count). The van der Waals surface area contributed by atoms with Crippen LogP contribution in [0.4, 0.5) is 13.2 Å². The third-order valence-corrected chi connectivity index (χ3v) is 8.26. The summed E-state index contributed by atoms with van der Waals surface area (Å²) >= 11 is 0. The second kappa shape index (κ2) is 11.1. The fraction of sp³-hybridized carbons (Fsp3) is 0.323. The highest BCUT2D eigenvalue weighted by molar-refractivity contribution is 6.05. The molecule has 7 nitrogen and oxygen atoms in total. The van der Waals surface area contributed by atoms with Crippen molar-refractivity contribution in [3.8, 4) is 0 Å². The zero-order valence-corrected chi connectivity index (χ0v) is 22.3. The second-order valence-electron chi connectivity index (χ2n) is 10.8. The number of carbonyl (C=O) groups excluding carboxylic acids is 3. The summed E-state index contributed by atoms with van der Waals surface area (Å²) in [5.74, 6) is -2.59. The Labute approximate surface area is 235 Å². The predicted octanol–water partition coefficient (Wildman–Crippen LogP) is 3.77. The van der Waals surface area contributed by atoms with Crippen LogP contribution in [0.2, 0.25) is 0 Å². The van der Waals surface area contributed by atoms with Gasteiger partial charge in [0, 0.05) is 67.9 Å². The lowest BCUT2D eigenvalue weighted by molar-refractivity contribution is -0.136. The molecule has 1 unspecified atom stereocenters. The van der Waals surface area contributed by atoms with E-state index in [1.165, 1.54) is 23.1 Å². The number of hydrogen-bond acceptors (Lipinski definition) is 5. The molecule has 0 bridgehead atoms. The molecule has 3 amide bonds. The van der Waals surface area contributed by atoms with Crippen molar-refractivity contribution < 1.29 is 27.6 Å². The zero-order chi connectivity index (χ0) is 28.7. The van der Waals surface area contributed by atoms with Gasteiger partial charge in [-0.15, -0.1) is 0 Å². The number of halogens is 3. The highest BCUT2D eigenvalue weighted by atomic mass is 19.1. The van der Waals surface area contributed by atoms with Crippen molar-refractivity contribution in [1.29, 1.82) is 0 Å². The molecule has 0 radical (unpaired) electrons. The monoisotopic (exact) mass is 562 g/mol. The minimum Gasteiger partial charge on any atom is -0.322 e. The van der Waals surface area contributed by atoms with Gasteiger partial charge in [0.1, 0.15) is 23.5 Å². The smallest absolute Gasteiger partial charge is 0.255 e. The number of piperazine rings is 1. The van der Waals surface area contributed by atoms with Crippen LogP contribution in [0.25, 0.3) is 0 Å². The molecule has 3 aliphatic heterocycles. The number of amides is 3. The van der Waals surface area contributed by atoms with Gasteiger partial charge in [0.2, 0.25) is 11.8 Å². The summed E-state index contributed by atoms with van der Waals surface area (Å²) in [7, 11) is 0. The summed E-state index contributed by atoms with van der Waals surface area (Å²) in [6.07, 6.45) is 0.390. The van der Waals surface area contributed by atoms with Gasteiger partial charge >= 0.3 is 0 Å². The average molecular weight is 563 g/mol. The van der Waals surface area contributed by atoms with Crippen LogP contribution in [0, 0.1) is 17.5 Å². The number of piperidine rings is 1. The molecule has 212 valence electrons. The molecule has 0 saturated carbocycles. The average Bonchev–Trinajstić information content (AvgIpc) is 3.26. The molecule has 3 heterocycles. The van der Waals surface area contributed by atoms with E-state index in [1.807, 2.05) is 4.90 Å². The van der Waals surface area contributed by atoms with E-state index in [4.69, 9.17) is 0 Å². The van der Waals surface area contributed by atoms with Gasteiger partial charge in [0.05, 0.1) is 6.04 Å². The largest absolute Gasteiger partial charge is 0.322 e. The van der Waals surface area contributed by atoms with E-state index in [0.717, 1.165) is 0 Å². The Morgan fingerprint density at radius 1 is 0.829 bits per heavy atom. The van der Waals surface area contributed by atoms with Crippen molar-refractivity contribution in [2.75, 3.05) is 26.2 Å². The molecule has 1 atom stereocenters. The lowest BCUT2D eigenvalue weighted by atomic mass is 9.95. The van der Waals surface area contributed by atoms with Crippen molar-refractivity contribution in [2.24, 2.45) is 0 Å². The predicted molar refractivity (Wildman–Crippen MR) is 144 cm³/mol. The first-order valence-electron chi connectivity index (χ1n) is 13.7. The van der Waals surface area contributed by atoms with E-state index < -0.39 is 41.3 Å². The van der Waals surface area contributed by atoms with Crippen molar-refractivity contribution in [3.63, 3.8) is 0 Å². The maximum Gasteiger partial charge on any atom is 0.255 e. The van der Waals surface area contributed by atoms with Crippen molar-refractivity contribution >= 4 is 17.7 Å². The Hall–Kier alpha value is -4.02. The SMILES string of the molecule is O=C1CCC(N2Cc3cc(CN4CCN(C(c5ccccc5F)c5ccccc5F)CC4)c(F)cc3C2=O)C(=O)N1.